The predicted molar refractivity (Wildman–Crippen MR) is 113 cm³/mol. The van der Waals surface area contributed by atoms with E-state index >= 15 is 0 Å². The van der Waals surface area contributed by atoms with E-state index in [1.807, 2.05) is 13.8 Å². The summed E-state index contributed by atoms with van der Waals surface area (Å²) in [6.07, 6.45) is 0.00999. The van der Waals surface area contributed by atoms with Crippen molar-refractivity contribution in [1.82, 2.24) is 15.0 Å². The first kappa shape index (κ1) is 22.6. The molecule has 10 nitrogen and oxygen atoms in total. The van der Waals surface area contributed by atoms with Gasteiger partial charge in [0, 0.05) is 37.9 Å². The van der Waals surface area contributed by atoms with Crippen LogP contribution in [0, 0.1) is 6.92 Å². The minimum Gasteiger partial charge on any atom is -0.491 e. The first-order valence-corrected chi connectivity index (χ1v) is 11.6. The van der Waals surface area contributed by atoms with E-state index in [4.69, 9.17) is 9.26 Å². The van der Waals surface area contributed by atoms with Crippen molar-refractivity contribution in [3.8, 4) is 5.75 Å². The van der Waals surface area contributed by atoms with Crippen LogP contribution in [0.1, 0.15) is 30.1 Å². The number of carbonyl (C=O) groups excluding carboxylic acids is 2. The molecule has 3 rings (SSSR count). The number of aromatic nitrogens is 1. The van der Waals surface area contributed by atoms with Crippen molar-refractivity contribution in [3.05, 3.63) is 41.8 Å². The maximum atomic E-state index is 12.5. The van der Waals surface area contributed by atoms with Crippen LogP contribution in [-0.4, -0.2) is 73.2 Å². The average Bonchev–Trinajstić information content (AvgIpc) is 3.14. The lowest BCUT2D eigenvalue weighted by Gasteiger charge is -2.34. The van der Waals surface area contributed by atoms with Crippen LogP contribution in [0.5, 0.6) is 5.75 Å². The smallest absolute Gasteiger partial charge is 0.292 e. The monoisotopic (exact) mass is 450 g/mol. The summed E-state index contributed by atoms with van der Waals surface area (Å²) in [7, 11) is -3.88. The summed E-state index contributed by atoms with van der Waals surface area (Å²) >= 11 is 0. The van der Waals surface area contributed by atoms with E-state index in [0.29, 0.717) is 17.1 Å². The highest BCUT2D eigenvalue weighted by atomic mass is 32.2. The van der Waals surface area contributed by atoms with Crippen LogP contribution in [-0.2, 0) is 14.8 Å². The molecule has 0 bridgehead atoms. The van der Waals surface area contributed by atoms with Crippen molar-refractivity contribution < 1.29 is 27.3 Å². The lowest BCUT2D eigenvalue weighted by atomic mass is 10.2. The van der Waals surface area contributed by atoms with Crippen LogP contribution < -0.4 is 9.46 Å². The largest absolute Gasteiger partial charge is 0.491 e. The van der Waals surface area contributed by atoms with Crippen LogP contribution >= 0.6 is 0 Å². The zero-order valence-electron chi connectivity index (χ0n) is 17.7. The van der Waals surface area contributed by atoms with E-state index in [0.717, 1.165) is 0 Å². The van der Waals surface area contributed by atoms with Crippen molar-refractivity contribution in [3.63, 3.8) is 0 Å². The van der Waals surface area contributed by atoms with Crippen LogP contribution in [0.15, 0.2) is 34.9 Å². The Morgan fingerprint density at radius 1 is 1.13 bits per heavy atom. The van der Waals surface area contributed by atoms with Gasteiger partial charge in [-0.05, 0) is 45.0 Å². The summed E-state index contributed by atoms with van der Waals surface area (Å²) < 4.78 is 37.7. The third-order valence-electron chi connectivity index (χ3n) is 4.57. The quantitative estimate of drug-likeness (QED) is 0.678. The van der Waals surface area contributed by atoms with Crippen molar-refractivity contribution in [2.24, 2.45) is 0 Å². The SMILES string of the molecule is Cc1cc(C(=O)N2CCN(C(=O)CS(=O)(=O)Nc3ccc(OC(C)C)cc3)CC2)on1. The second-order valence-electron chi connectivity index (χ2n) is 7.56. The molecule has 168 valence electrons. The van der Waals surface area contributed by atoms with Crippen molar-refractivity contribution in [2.45, 2.75) is 26.9 Å². The Labute approximate surface area is 181 Å². The molecule has 0 saturated carbocycles. The number of benzene rings is 1. The van der Waals surface area contributed by atoms with Crippen LogP contribution in [0.25, 0.3) is 0 Å². The Balaban J connectivity index is 1.51. The molecule has 0 aliphatic carbocycles. The first-order valence-electron chi connectivity index (χ1n) is 9.90. The molecule has 1 aliphatic heterocycles. The second-order valence-corrected chi connectivity index (χ2v) is 9.28. The molecule has 2 heterocycles. The fraction of sp³-hybridized carbons (Fsp3) is 0.450. The molecule has 2 aromatic rings. The first-order chi connectivity index (χ1) is 14.6. The molecule has 11 heteroatoms. The van der Waals surface area contributed by atoms with E-state index in [1.54, 1.807) is 42.2 Å². The third-order valence-corrected chi connectivity index (χ3v) is 5.74. The van der Waals surface area contributed by atoms with Gasteiger partial charge in [-0.2, -0.15) is 0 Å². The average molecular weight is 451 g/mol. The highest BCUT2D eigenvalue weighted by Crippen LogP contribution is 2.18. The number of anilines is 1. The topological polar surface area (TPSA) is 122 Å². The minimum atomic E-state index is -3.88. The molecule has 1 aliphatic rings. The van der Waals surface area contributed by atoms with E-state index in [-0.39, 0.29) is 44.0 Å². The maximum Gasteiger partial charge on any atom is 0.292 e. The number of rotatable bonds is 7. The van der Waals surface area contributed by atoms with Gasteiger partial charge in [-0.3, -0.25) is 14.3 Å². The zero-order chi connectivity index (χ0) is 22.6. The second kappa shape index (κ2) is 9.38. The van der Waals surface area contributed by atoms with Gasteiger partial charge in [0.1, 0.15) is 11.5 Å². The van der Waals surface area contributed by atoms with E-state index in [2.05, 4.69) is 9.88 Å². The summed E-state index contributed by atoms with van der Waals surface area (Å²) in [5.41, 5.74) is 0.957. The molecule has 0 radical (unpaired) electrons. The number of piperazine rings is 1. The van der Waals surface area contributed by atoms with Gasteiger partial charge in [0.25, 0.3) is 5.91 Å². The molecule has 1 fully saturated rings. The zero-order valence-corrected chi connectivity index (χ0v) is 18.5. The molecule has 31 heavy (non-hydrogen) atoms. The summed E-state index contributed by atoms with van der Waals surface area (Å²) in [4.78, 5) is 27.9. The Kier molecular flexibility index (Phi) is 6.84. The van der Waals surface area contributed by atoms with Gasteiger partial charge in [-0.25, -0.2) is 8.42 Å². The van der Waals surface area contributed by atoms with Gasteiger partial charge in [0.15, 0.2) is 0 Å². The molecule has 1 aromatic carbocycles. The number of aryl methyl sites for hydroxylation is 1. The molecule has 0 atom stereocenters. The van der Waals surface area contributed by atoms with E-state index in [9.17, 15) is 18.0 Å². The molecule has 1 aromatic heterocycles. The molecule has 0 unspecified atom stereocenters. The third kappa shape index (κ3) is 6.20. The van der Waals surface area contributed by atoms with Crippen molar-refractivity contribution >= 4 is 27.5 Å². The Morgan fingerprint density at radius 3 is 2.29 bits per heavy atom. The van der Waals surface area contributed by atoms with Crippen LogP contribution in [0.4, 0.5) is 5.69 Å². The number of carbonyl (C=O) groups is 2. The number of amides is 2. The molecule has 0 spiro atoms. The van der Waals surface area contributed by atoms with Gasteiger partial charge in [-0.15, -0.1) is 0 Å². The van der Waals surface area contributed by atoms with Gasteiger partial charge < -0.3 is 19.1 Å². The minimum absolute atomic E-state index is 0.00999. The van der Waals surface area contributed by atoms with E-state index < -0.39 is 21.7 Å². The lowest BCUT2D eigenvalue weighted by molar-refractivity contribution is -0.129. The highest BCUT2D eigenvalue weighted by Gasteiger charge is 2.29. The number of hydrogen-bond acceptors (Lipinski definition) is 7. The highest BCUT2D eigenvalue weighted by molar-refractivity contribution is 7.93. The van der Waals surface area contributed by atoms with Crippen LogP contribution in [0.3, 0.4) is 0 Å². The molecule has 2 amide bonds. The van der Waals surface area contributed by atoms with Gasteiger partial charge >= 0.3 is 0 Å². The van der Waals surface area contributed by atoms with Gasteiger partial charge in [-0.1, -0.05) is 5.16 Å². The summed E-state index contributed by atoms with van der Waals surface area (Å²) in [5.74, 6) is -0.718. The lowest BCUT2D eigenvalue weighted by Crippen LogP contribution is -2.52. The maximum absolute atomic E-state index is 12.5. The van der Waals surface area contributed by atoms with Crippen molar-refractivity contribution in [1.29, 1.82) is 0 Å². The van der Waals surface area contributed by atoms with Crippen LogP contribution in [0.2, 0.25) is 0 Å². The fourth-order valence-corrected chi connectivity index (χ4v) is 4.20. The summed E-state index contributed by atoms with van der Waals surface area (Å²) in [6, 6.07) is 8.03. The number of nitrogens with zero attached hydrogens (tertiary/aromatic N) is 3. The molecular weight excluding hydrogens is 424 g/mol. The van der Waals surface area contributed by atoms with Gasteiger partial charge in [0.2, 0.25) is 21.7 Å². The molecule has 1 saturated heterocycles. The molecular formula is C20H26N4O6S. The predicted octanol–water partition coefficient (Wildman–Crippen LogP) is 1.50. The summed E-state index contributed by atoms with van der Waals surface area (Å²) in [6.45, 7) is 6.58. The van der Waals surface area contributed by atoms with Crippen molar-refractivity contribution in [2.75, 3.05) is 36.7 Å². The van der Waals surface area contributed by atoms with Gasteiger partial charge in [0.05, 0.1) is 11.8 Å². The Hall–Kier alpha value is -3.08. The normalized spacial score (nSPS) is 14.6. The standard InChI is InChI=1S/C20H26N4O6S/c1-14(2)29-17-6-4-16(5-7-17)22-31(27,28)13-19(25)23-8-10-24(11-9-23)20(26)18-12-15(3)21-30-18/h4-7,12,14,22H,8-11,13H2,1-3H3. The number of sulfonamides is 1. The number of ether oxygens (including phenoxy) is 1. The Morgan fingerprint density at radius 2 is 1.74 bits per heavy atom. The molecule has 1 N–H and O–H groups in total. The summed E-state index contributed by atoms with van der Waals surface area (Å²) in [5, 5.41) is 3.70. The van der Waals surface area contributed by atoms with E-state index in [1.165, 1.54) is 4.90 Å². The number of nitrogens with one attached hydrogen (secondary N) is 1. The fourth-order valence-electron chi connectivity index (χ4n) is 3.12. The number of hydrogen-bond donors (Lipinski definition) is 1. The Bertz CT molecular complexity index is 1020.